The third-order valence-electron chi connectivity index (χ3n) is 11.5. The molecule has 0 aromatic carbocycles. The molecule has 2 saturated carbocycles. The lowest BCUT2D eigenvalue weighted by molar-refractivity contribution is -0.407. The lowest BCUT2D eigenvalue weighted by Gasteiger charge is -2.61. The summed E-state index contributed by atoms with van der Waals surface area (Å²) in [5.74, 6) is -5.43. The molecule has 46 heavy (non-hydrogen) atoms. The van der Waals surface area contributed by atoms with Crippen LogP contribution in [0.4, 0.5) is 0 Å². The van der Waals surface area contributed by atoms with Crippen molar-refractivity contribution in [1.29, 1.82) is 0 Å². The monoisotopic (exact) mass is 642 g/mol. The molecule has 3 N–H and O–H groups in total. The molecule has 1 unspecified atom stereocenters. The molecule has 0 spiro atoms. The number of ketones is 1. The van der Waals surface area contributed by atoms with E-state index in [2.05, 4.69) is 26.5 Å². The number of hydrogen-bond donors (Lipinski definition) is 3. The minimum Gasteiger partial charge on any atom is -0.458 e. The summed E-state index contributed by atoms with van der Waals surface area (Å²) in [6.45, 7) is 13.1. The van der Waals surface area contributed by atoms with E-state index in [1.165, 1.54) is 0 Å². The van der Waals surface area contributed by atoms with Crippen molar-refractivity contribution in [3.05, 3.63) is 48.1 Å². The van der Waals surface area contributed by atoms with Crippen LogP contribution in [0.5, 0.6) is 0 Å². The molecule has 254 valence electrons. The fourth-order valence-corrected chi connectivity index (χ4v) is 9.21. The third kappa shape index (κ3) is 4.40. The number of unbranched alkanes of at least 4 members (excludes halogenated alkanes) is 5. The second-order valence-electron chi connectivity index (χ2n) is 14.3. The van der Waals surface area contributed by atoms with Crippen LogP contribution in [0, 0.1) is 17.8 Å². The maximum Gasteiger partial charge on any atom is 0.307 e. The van der Waals surface area contributed by atoms with Crippen LogP contribution < -0.4 is 0 Å². The van der Waals surface area contributed by atoms with Gasteiger partial charge in [0.1, 0.15) is 30.0 Å². The Morgan fingerprint density at radius 2 is 1.80 bits per heavy atom. The average molecular weight is 643 g/mol. The molecule has 5 fully saturated rings. The fourth-order valence-electron chi connectivity index (χ4n) is 9.21. The van der Waals surface area contributed by atoms with Crippen LogP contribution in [-0.2, 0) is 33.3 Å². The van der Waals surface area contributed by atoms with Gasteiger partial charge in [-0.1, -0.05) is 77.3 Å². The van der Waals surface area contributed by atoms with Crippen molar-refractivity contribution >= 4 is 11.8 Å². The van der Waals surface area contributed by atoms with Gasteiger partial charge in [0.15, 0.2) is 17.0 Å². The molecule has 6 rings (SSSR count). The minimum absolute atomic E-state index is 0.211. The van der Waals surface area contributed by atoms with Gasteiger partial charge in [-0.2, -0.15) is 0 Å². The fraction of sp³-hybridized carbons (Fsp3) is 0.722. The number of hydrogen-bond acceptors (Lipinski definition) is 10. The number of Topliss-reactive ketones (excluding diaryl/α,β-unsaturated/α-hetero) is 1. The zero-order valence-electron chi connectivity index (χ0n) is 27.7. The van der Waals surface area contributed by atoms with E-state index in [0.29, 0.717) is 12.0 Å². The quantitative estimate of drug-likeness (QED) is 0.0888. The topological polar surface area (TPSA) is 144 Å². The number of rotatable bonds is 13. The van der Waals surface area contributed by atoms with E-state index in [9.17, 15) is 24.9 Å². The lowest BCUT2D eigenvalue weighted by Crippen LogP contribution is -2.76. The van der Waals surface area contributed by atoms with Crippen molar-refractivity contribution in [3.8, 4) is 0 Å². The van der Waals surface area contributed by atoms with Gasteiger partial charge < -0.3 is 39.0 Å². The normalized spacial score (nSPS) is 46.7. The first kappa shape index (κ1) is 33.7. The van der Waals surface area contributed by atoms with Crippen LogP contribution in [-0.4, -0.2) is 86.5 Å². The number of epoxide rings is 1. The molecule has 0 radical (unpaired) electrons. The Kier molecular flexibility index (Phi) is 8.61. The van der Waals surface area contributed by atoms with Gasteiger partial charge in [0.2, 0.25) is 0 Å². The summed E-state index contributed by atoms with van der Waals surface area (Å²) in [4.78, 5) is 27.2. The van der Waals surface area contributed by atoms with Gasteiger partial charge in [0, 0.05) is 30.3 Å². The maximum absolute atomic E-state index is 13.8. The van der Waals surface area contributed by atoms with Gasteiger partial charge in [0.05, 0.1) is 12.2 Å². The van der Waals surface area contributed by atoms with Crippen LogP contribution in [0.1, 0.15) is 86.0 Å². The van der Waals surface area contributed by atoms with Crippen LogP contribution >= 0.6 is 0 Å². The van der Waals surface area contributed by atoms with Crippen LogP contribution in [0.15, 0.2) is 48.1 Å². The highest BCUT2D eigenvalue weighted by Crippen LogP contribution is 2.73. The Morgan fingerprint density at radius 3 is 2.48 bits per heavy atom. The van der Waals surface area contributed by atoms with Gasteiger partial charge in [-0.15, -0.1) is 0 Å². The summed E-state index contributed by atoms with van der Waals surface area (Å²) < 4.78 is 33.1. The van der Waals surface area contributed by atoms with E-state index >= 15 is 0 Å². The van der Waals surface area contributed by atoms with E-state index in [4.69, 9.17) is 23.7 Å². The molecule has 3 saturated heterocycles. The zero-order chi connectivity index (χ0) is 33.3. The highest BCUT2D eigenvalue weighted by atomic mass is 16.9. The predicted octanol–water partition coefficient (Wildman–Crippen LogP) is 3.97. The summed E-state index contributed by atoms with van der Waals surface area (Å²) in [6, 6.07) is 0. The molecular formula is C36H50O10. The molecule has 3 heterocycles. The molecule has 0 aromatic rings. The van der Waals surface area contributed by atoms with Gasteiger partial charge in [-0.25, -0.2) is 0 Å². The number of ether oxygens (including phenoxy) is 5. The molecule has 12 atom stereocenters. The van der Waals surface area contributed by atoms with E-state index in [1.54, 1.807) is 32.1 Å². The standard InChI is InChI=1S/C36H50O10/c1-7-9-11-12-13-14-16-18-33-44-30-26-29-32(20-37,43-29)31(40)34(41)24(19-22(5)27(34)39)36(26,46-33)23(6)28(35(30,45-33)21(3)4)42-25(38)17-15-10-8-2/h13-14,16,18-19,23-24,26,28-31,37,40-41H,3,7-12,15,17,20H2,1-2,4-6H3/b14-13+,18-16+/t23-,24-,26+,28-,29+,30-,31-,32+,33?,34-,35+,36+/m1/s1. The summed E-state index contributed by atoms with van der Waals surface area (Å²) in [5, 5.41) is 34.8. The number of aliphatic hydroxyl groups excluding tert-OH is 2. The molecule has 6 aliphatic rings. The smallest absolute Gasteiger partial charge is 0.307 e. The second kappa shape index (κ2) is 11.8. The van der Waals surface area contributed by atoms with Crippen molar-refractivity contribution in [1.82, 2.24) is 0 Å². The zero-order valence-corrected chi connectivity index (χ0v) is 27.7. The molecule has 3 aliphatic heterocycles. The number of allylic oxidation sites excluding steroid dienone is 3. The Balaban J connectivity index is 1.51. The van der Waals surface area contributed by atoms with Crippen LogP contribution in [0.25, 0.3) is 0 Å². The Labute approximate surface area is 271 Å². The number of esters is 1. The number of aliphatic hydroxyl groups is 3. The largest absolute Gasteiger partial charge is 0.458 e. The number of carbonyl (C=O) groups excluding carboxylic acids is 2. The summed E-state index contributed by atoms with van der Waals surface area (Å²) in [5.41, 5.74) is -6.12. The molecule has 3 bridgehead atoms. The molecule has 10 heteroatoms. The maximum atomic E-state index is 13.8. The highest BCUT2D eigenvalue weighted by molar-refractivity contribution is 6.05. The molecule has 0 amide bonds. The molecule has 10 nitrogen and oxygen atoms in total. The van der Waals surface area contributed by atoms with E-state index in [1.807, 2.05) is 13.0 Å². The first-order valence-corrected chi connectivity index (χ1v) is 17.1. The van der Waals surface area contributed by atoms with Gasteiger partial charge in [0.25, 0.3) is 0 Å². The third-order valence-corrected chi connectivity index (χ3v) is 11.5. The molecular weight excluding hydrogens is 592 g/mol. The van der Waals surface area contributed by atoms with E-state index < -0.39 is 88.9 Å². The molecule has 3 aliphatic carbocycles. The Hall–Kier alpha value is -2.18. The van der Waals surface area contributed by atoms with Gasteiger partial charge >= 0.3 is 11.9 Å². The van der Waals surface area contributed by atoms with Crippen molar-refractivity contribution in [2.45, 2.75) is 139 Å². The number of carbonyl (C=O) groups is 2. The van der Waals surface area contributed by atoms with E-state index in [0.717, 1.165) is 38.5 Å². The second-order valence-corrected chi connectivity index (χ2v) is 14.3. The van der Waals surface area contributed by atoms with Crippen LogP contribution in [0.2, 0.25) is 0 Å². The summed E-state index contributed by atoms with van der Waals surface area (Å²) in [7, 11) is 0. The van der Waals surface area contributed by atoms with Crippen molar-refractivity contribution < 1.29 is 48.6 Å². The first-order chi connectivity index (χ1) is 21.9. The highest BCUT2D eigenvalue weighted by Gasteiger charge is 2.90. The summed E-state index contributed by atoms with van der Waals surface area (Å²) in [6.07, 6.45) is 11.5. The Morgan fingerprint density at radius 1 is 1.09 bits per heavy atom. The van der Waals surface area contributed by atoms with Crippen LogP contribution in [0.3, 0.4) is 0 Å². The van der Waals surface area contributed by atoms with Gasteiger partial charge in [-0.3, -0.25) is 9.59 Å². The SMILES string of the molecule is C=C(C)[C@@]12OC3(/C=C/C=C/CCCCC)O[C@@H]1[C@@H]1[C@@H]4O[C@]4(CO)[C@@H](O)[C@]4(O)C(=O)C(C)=C[C@H]4[C@@]1(O3)[C@H](C)[C@H]2OC(=O)CCCCC. The molecule has 0 aromatic heterocycles. The van der Waals surface area contributed by atoms with Crippen molar-refractivity contribution in [3.63, 3.8) is 0 Å². The number of fused-ring (bicyclic) bond motifs is 3. The minimum atomic E-state index is -2.38. The Bertz CT molecular complexity index is 1350. The van der Waals surface area contributed by atoms with E-state index in [-0.39, 0.29) is 12.0 Å². The summed E-state index contributed by atoms with van der Waals surface area (Å²) >= 11 is 0. The van der Waals surface area contributed by atoms with Crippen molar-refractivity contribution in [2.24, 2.45) is 17.8 Å². The predicted molar refractivity (Wildman–Crippen MR) is 167 cm³/mol. The van der Waals surface area contributed by atoms with Crippen molar-refractivity contribution in [2.75, 3.05) is 6.61 Å². The first-order valence-electron chi connectivity index (χ1n) is 17.1. The lowest BCUT2D eigenvalue weighted by atomic mass is 9.53. The van der Waals surface area contributed by atoms with Gasteiger partial charge in [-0.05, 0) is 44.3 Å². The average Bonchev–Trinajstić information content (AvgIpc) is 3.65.